The molecular weight excluding hydrogens is 544 g/mol. The highest BCUT2D eigenvalue weighted by atomic mass is 19.4. The Balaban J connectivity index is 1.91. The number of amides is 2. The maximum Gasteiger partial charge on any atom is 0.389 e. The molecule has 216 valence electrons. The van der Waals surface area contributed by atoms with Crippen molar-refractivity contribution < 1.29 is 45.8 Å². The summed E-state index contributed by atoms with van der Waals surface area (Å²) in [6.45, 7) is 0. The van der Waals surface area contributed by atoms with Crippen molar-refractivity contribution in [2.45, 2.75) is 57.0 Å². The Labute approximate surface area is 225 Å². The predicted molar refractivity (Wildman–Crippen MR) is 134 cm³/mol. The van der Waals surface area contributed by atoms with Gasteiger partial charge in [-0.2, -0.15) is 26.3 Å². The summed E-state index contributed by atoms with van der Waals surface area (Å²) in [6, 6.07) is 15.3. The van der Waals surface area contributed by atoms with Crippen LogP contribution in [0.1, 0.15) is 49.7 Å². The molecule has 7 nitrogen and oxygen atoms in total. The molecule has 0 saturated carbocycles. The summed E-state index contributed by atoms with van der Waals surface area (Å²) in [4.78, 5) is 42.7. The number of carboxylic acid groups (broad SMARTS) is 1. The molecule has 1 aliphatic rings. The molecule has 0 aromatic heterocycles. The molecule has 3 atom stereocenters. The number of nitrogens with zero attached hydrogens (tertiary/aromatic N) is 1. The lowest BCUT2D eigenvalue weighted by molar-refractivity contribution is -0.151. The number of para-hydroxylation sites is 1. The fraction of sp³-hybridized carbons (Fsp3) is 0.407. The van der Waals surface area contributed by atoms with Gasteiger partial charge in [0, 0.05) is 24.0 Å². The summed E-state index contributed by atoms with van der Waals surface area (Å²) in [5.74, 6) is -6.85. The van der Waals surface area contributed by atoms with Crippen LogP contribution < -0.4 is 10.6 Å². The van der Waals surface area contributed by atoms with Crippen molar-refractivity contribution >= 4 is 29.2 Å². The van der Waals surface area contributed by atoms with Crippen molar-refractivity contribution in [3.8, 4) is 0 Å². The zero-order chi connectivity index (χ0) is 29.5. The number of rotatable bonds is 11. The third-order valence-electron chi connectivity index (χ3n) is 6.36. The van der Waals surface area contributed by atoms with Crippen LogP contribution in [0.2, 0.25) is 0 Å². The van der Waals surface area contributed by atoms with Crippen LogP contribution in [0.5, 0.6) is 0 Å². The number of aliphatic carboxylic acids is 1. The Morgan fingerprint density at radius 3 is 2.00 bits per heavy atom. The highest BCUT2D eigenvalue weighted by Gasteiger charge is 2.38. The molecule has 0 saturated heterocycles. The van der Waals surface area contributed by atoms with E-state index in [0.29, 0.717) is 22.5 Å². The average Bonchev–Trinajstić information content (AvgIpc) is 3.00. The highest BCUT2D eigenvalue weighted by molar-refractivity contribution is 6.19. The van der Waals surface area contributed by atoms with Crippen molar-refractivity contribution in [2.24, 2.45) is 16.8 Å². The van der Waals surface area contributed by atoms with Crippen LogP contribution >= 0.6 is 0 Å². The van der Waals surface area contributed by atoms with E-state index in [2.05, 4.69) is 15.6 Å². The fourth-order valence-electron chi connectivity index (χ4n) is 4.48. The van der Waals surface area contributed by atoms with E-state index in [4.69, 9.17) is 0 Å². The topological polar surface area (TPSA) is 108 Å². The van der Waals surface area contributed by atoms with E-state index >= 15 is 0 Å². The standard InChI is InChI=1S/C27H27F6N3O4/c28-26(29,30)14-6-11-17(18(25(39)40)12-7-15-27(31,32)33)23(37)36-22-24(38)34-20-13-5-4-10-19(20)21(35-22)16-8-2-1-3-9-16/h1-5,8-10,13,17-18,22H,6-7,11-12,14-15H2,(H,34,38)(H,36,37)(H,39,40). The number of benzene rings is 2. The van der Waals surface area contributed by atoms with E-state index < -0.39 is 86.7 Å². The quantitative estimate of drug-likeness (QED) is 0.301. The minimum absolute atomic E-state index is 0.313. The van der Waals surface area contributed by atoms with Crippen LogP contribution in [0.4, 0.5) is 32.0 Å². The van der Waals surface area contributed by atoms with Crippen LogP contribution in [0.3, 0.4) is 0 Å². The van der Waals surface area contributed by atoms with Gasteiger partial charge >= 0.3 is 18.3 Å². The number of hydrogen-bond donors (Lipinski definition) is 3. The monoisotopic (exact) mass is 571 g/mol. The van der Waals surface area contributed by atoms with Crippen LogP contribution in [0.25, 0.3) is 0 Å². The van der Waals surface area contributed by atoms with Crippen LogP contribution in [-0.4, -0.2) is 47.1 Å². The van der Waals surface area contributed by atoms with Gasteiger partial charge in [-0.05, 0) is 31.7 Å². The molecule has 3 unspecified atom stereocenters. The second kappa shape index (κ2) is 13.0. The number of fused-ring (bicyclic) bond motifs is 1. The zero-order valence-corrected chi connectivity index (χ0v) is 21.1. The largest absolute Gasteiger partial charge is 0.481 e. The number of nitrogens with one attached hydrogen (secondary N) is 2. The van der Waals surface area contributed by atoms with Gasteiger partial charge in [-0.25, -0.2) is 4.99 Å². The first-order chi connectivity index (χ1) is 18.7. The number of halogens is 6. The summed E-state index contributed by atoms with van der Waals surface area (Å²) < 4.78 is 76.4. The highest BCUT2D eigenvalue weighted by Crippen LogP contribution is 2.31. The van der Waals surface area contributed by atoms with E-state index in [0.717, 1.165) is 0 Å². The number of carbonyl (C=O) groups excluding carboxylic acids is 2. The van der Waals surface area contributed by atoms with Gasteiger partial charge < -0.3 is 15.7 Å². The Kier molecular flexibility index (Phi) is 9.93. The fourth-order valence-corrected chi connectivity index (χ4v) is 4.48. The first-order valence-corrected chi connectivity index (χ1v) is 12.5. The summed E-state index contributed by atoms with van der Waals surface area (Å²) in [7, 11) is 0. The van der Waals surface area contributed by atoms with Gasteiger partial charge in [0.25, 0.3) is 5.91 Å². The number of carbonyl (C=O) groups is 3. The van der Waals surface area contributed by atoms with Crippen LogP contribution in [-0.2, 0) is 14.4 Å². The van der Waals surface area contributed by atoms with Gasteiger partial charge in [-0.15, -0.1) is 0 Å². The molecule has 3 rings (SSSR count). The van der Waals surface area contributed by atoms with Crippen LogP contribution in [0.15, 0.2) is 59.6 Å². The third kappa shape index (κ3) is 8.82. The summed E-state index contributed by atoms with van der Waals surface area (Å²) in [6.07, 6.45) is -15.8. The number of anilines is 1. The number of carboxylic acids is 1. The lowest BCUT2D eigenvalue weighted by Gasteiger charge is -2.25. The Hall–Kier alpha value is -3.90. The van der Waals surface area contributed by atoms with Gasteiger partial charge in [0.05, 0.1) is 23.2 Å². The zero-order valence-electron chi connectivity index (χ0n) is 21.1. The predicted octanol–water partition coefficient (Wildman–Crippen LogP) is 5.70. The van der Waals surface area contributed by atoms with E-state index in [1.165, 1.54) is 0 Å². The molecule has 0 radical (unpaired) electrons. The Morgan fingerprint density at radius 1 is 0.875 bits per heavy atom. The molecule has 13 heteroatoms. The summed E-state index contributed by atoms with van der Waals surface area (Å²) in [5, 5.41) is 14.7. The second-order valence-corrected chi connectivity index (χ2v) is 9.36. The smallest absolute Gasteiger partial charge is 0.389 e. The van der Waals surface area contributed by atoms with Gasteiger partial charge in [0.1, 0.15) is 0 Å². The Bertz CT molecular complexity index is 1230. The Morgan fingerprint density at radius 2 is 1.43 bits per heavy atom. The molecular formula is C27H27F6N3O4. The molecule has 2 aromatic rings. The van der Waals surface area contributed by atoms with Gasteiger partial charge in [-0.1, -0.05) is 48.5 Å². The van der Waals surface area contributed by atoms with Crippen molar-refractivity contribution in [1.29, 1.82) is 0 Å². The molecule has 1 aliphatic heterocycles. The molecule has 40 heavy (non-hydrogen) atoms. The maximum atomic E-state index is 13.3. The summed E-state index contributed by atoms with van der Waals surface area (Å²) in [5.41, 5.74) is 1.80. The lowest BCUT2D eigenvalue weighted by atomic mass is 9.83. The van der Waals surface area contributed by atoms with Gasteiger partial charge in [-0.3, -0.25) is 14.4 Å². The number of benzodiazepines with no additional fused rings is 1. The normalized spacial score (nSPS) is 17.1. The maximum absolute atomic E-state index is 13.3. The molecule has 1 heterocycles. The first kappa shape index (κ1) is 30.6. The third-order valence-corrected chi connectivity index (χ3v) is 6.36. The second-order valence-electron chi connectivity index (χ2n) is 9.36. The van der Waals surface area contributed by atoms with Crippen molar-refractivity contribution in [3.05, 3.63) is 65.7 Å². The van der Waals surface area contributed by atoms with Gasteiger partial charge in [0.2, 0.25) is 12.1 Å². The van der Waals surface area contributed by atoms with Gasteiger partial charge in [0.15, 0.2) is 0 Å². The van der Waals surface area contributed by atoms with E-state index in [1.807, 2.05) is 0 Å². The summed E-state index contributed by atoms with van der Waals surface area (Å²) >= 11 is 0. The van der Waals surface area contributed by atoms with Crippen molar-refractivity contribution in [2.75, 3.05) is 5.32 Å². The minimum Gasteiger partial charge on any atom is -0.481 e. The molecule has 2 aromatic carbocycles. The average molecular weight is 572 g/mol. The molecule has 0 fully saturated rings. The number of hydrogen-bond acceptors (Lipinski definition) is 4. The molecule has 0 bridgehead atoms. The molecule has 3 N–H and O–H groups in total. The first-order valence-electron chi connectivity index (χ1n) is 12.5. The van der Waals surface area contributed by atoms with Crippen molar-refractivity contribution in [1.82, 2.24) is 5.32 Å². The number of alkyl halides is 6. The number of aliphatic imine (C=N–C) groups is 1. The molecule has 0 spiro atoms. The molecule has 2 amide bonds. The van der Waals surface area contributed by atoms with Crippen molar-refractivity contribution in [3.63, 3.8) is 0 Å². The van der Waals surface area contributed by atoms with E-state index in [9.17, 15) is 45.8 Å². The van der Waals surface area contributed by atoms with E-state index in [-0.39, 0.29) is 0 Å². The lowest BCUT2D eigenvalue weighted by Crippen LogP contribution is -2.47. The SMILES string of the molecule is O=C1Nc2ccccc2C(c2ccccc2)=NC1NC(=O)C(CCCC(F)(F)F)C(CCCC(F)(F)F)C(=O)O. The minimum atomic E-state index is -4.59. The van der Waals surface area contributed by atoms with Crippen LogP contribution in [0, 0.1) is 11.8 Å². The van der Waals surface area contributed by atoms with E-state index in [1.54, 1.807) is 54.6 Å². The molecule has 0 aliphatic carbocycles.